The molecule has 0 bridgehead atoms. The predicted octanol–water partition coefficient (Wildman–Crippen LogP) is 4.37. The van der Waals surface area contributed by atoms with Crippen molar-refractivity contribution in [3.8, 4) is 0 Å². The Bertz CT molecular complexity index is 1150. The number of aromatic amines is 1. The van der Waals surface area contributed by atoms with Crippen LogP contribution in [0.2, 0.25) is 0 Å². The first-order valence-corrected chi connectivity index (χ1v) is 11.2. The van der Waals surface area contributed by atoms with Crippen LogP contribution in [-0.4, -0.2) is 46.2 Å². The fraction of sp³-hybridized carbons (Fsp3) is 0.333. The van der Waals surface area contributed by atoms with E-state index in [0.29, 0.717) is 13.1 Å². The molecule has 3 heterocycles. The zero-order chi connectivity index (χ0) is 21.0. The van der Waals surface area contributed by atoms with Crippen LogP contribution in [0.1, 0.15) is 43.0 Å². The van der Waals surface area contributed by atoms with Gasteiger partial charge in [-0.15, -0.1) is 0 Å². The van der Waals surface area contributed by atoms with E-state index < -0.39 is 5.54 Å². The maximum absolute atomic E-state index is 13.7. The number of fused-ring (bicyclic) bond motifs is 5. The lowest BCUT2D eigenvalue weighted by Crippen LogP contribution is -2.67. The molecule has 2 atom stereocenters. The highest BCUT2D eigenvalue weighted by atomic mass is 79.9. The number of hydrogen-bond donors (Lipinski definition) is 1. The van der Waals surface area contributed by atoms with Gasteiger partial charge in [-0.25, -0.2) is 0 Å². The van der Waals surface area contributed by atoms with Gasteiger partial charge in [0.05, 0.1) is 12.2 Å². The van der Waals surface area contributed by atoms with Crippen LogP contribution in [-0.2, 0) is 15.1 Å². The van der Waals surface area contributed by atoms with Crippen LogP contribution >= 0.6 is 15.9 Å². The molecule has 2 aliphatic heterocycles. The summed E-state index contributed by atoms with van der Waals surface area (Å²) in [5, 5.41) is 1.12. The van der Waals surface area contributed by atoms with Crippen molar-refractivity contribution in [3.63, 3.8) is 0 Å². The van der Waals surface area contributed by atoms with Crippen LogP contribution in [0.4, 0.5) is 0 Å². The number of para-hydroxylation sites is 1. The molecule has 3 aromatic rings. The summed E-state index contributed by atoms with van der Waals surface area (Å²) in [6.45, 7) is 5.19. The van der Waals surface area contributed by atoms with Gasteiger partial charge in [0.2, 0.25) is 5.91 Å². The topological polar surface area (TPSA) is 56.4 Å². The molecular weight excluding hydrogens is 442 g/mol. The number of benzene rings is 2. The van der Waals surface area contributed by atoms with Gasteiger partial charge in [0, 0.05) is 34.4 Å². The molecule has 1 saturated heterocycles. The number of rotatable bonds is 3. The van der Waals surface area contributed by atoms with Crippen molar-refractivity contribution in [1.29, 1.82) is 0 Å². The normalized spacial score (nSPS) is 23.6. The Balaban J connectivity index is 1.76. The lowest BCUT2D eigenvalue weighted by Gasteiger charge is -2.51. The quantitative estimate of drug-likeness (QED) is 0.623. The Labute approximate surface area is 184 Å². The number of piperazine rings is 1. The third kappa shape index (κ3) is 2.66. The van der Waals surface area contributed by atoms with Crippen molar-refractivity contribution in [2.24, 2.45) is 0 Å². The lowest BCUT2D eigenvalue weighted by atomic mass is 9.76. The van der Waals surface area contributed by atoms with Crippen molar-refractivity contribution < 1.29 is 9.59 Å². The highest BCUT2D eigenvalue weighted by Crippen LogP contribution is 2.48. The van der Waals surface area contributed by atoms with E-state index in [2.05, 4.69) is 39.1 Å². The first-order chi connectivity index (χ1) is 14.4. The van der Waals surface area contributed by atoms with Crippen molar-refractivity contribution in [1.82, 2.24) is 14.8 Å². The van der Waals surface area contributed by atoms with E-state index in [1.807, 2.05) is 44.2 Å². The Kier molecular flexibility index (Phi) is 4.51. The zero-order valence-corrected chi connectivity index (χ0v) is 18.7. The van der Waals surface area contributed by atoms with E-state index in [0.717, 1.165) is 38.6 Å². The van der Waals surface area contributed by atoms with E-state index in [-0.39, 0.29) is 24.3 Å². The number of carbonyl (C=O) groups is 2. The number of nitrogens with zero attached hydrogens (tertiary/aromatic N) is 2. The van der Waals surface area contributed by atoms with Crippen molar-refractivity contribution in [2.75, 3.05) is 19.6 Å². The number of amides is 2. The van der Waals surface area contributed by atoms with E-state index >= 15 is 0 Å². The molecule has 154 valence electrons. The van der Waals surface area contributed by atoms with Gasteiger partial charge < -0.3 is 14.8 Å². The average molecular weight is 466 g/mol. The summed E-state index contributed by atoms with van der Waals surface area (Å²) in [6, 6.07) is 16.4. The van der Waals surface area contributed by atoms with Gasteiger partial charge in [0.15, 0.2) is 5.54 Å². The van der Waals surface area contributed by atoms with Gasteiger partial charge in [-0.05, 0) is 42.7 Å². The Morgan fingerprint density at radius 3 is 2.60 bits per heavy atom. The molecule has 2 aliphatic rings. The van der Waals surface area contributed by atoms with Crippen LogP contribution in [0.5, 0.6) is 0 Å². The molecule has 6 heteroatoms. The van der Waals surface area contributed by atoms with E-state index in [9.17, 15) is 9.59 Å². The van der Waals surface area contributed by atoms with Gasteiger partial charge in [0.25, 0.3) is 5.91 Å². The van der Waals surface area contributed by atoms with Gasteiger partial charge in [0.1, 0.15) is 0 Å². The second-order valence-corrected chi connectivity index (χ2v) is 9.28. The maximum atomic E-state index is 13.7. The third-order valence-electron chi connectivity index (χ3n) is 6.58. The third-order valence-corrected chi connectivity index (χ3v) is 7.11. The summed E-state index contributed by atoms with van der Waals surface area (Å²) in [6.07, 6.45) is 0.830. The fourth-order valence-electron chi connectivity index (χ4n) is 5.12. The van der Waals surface area contributed by atoms with Crippen LogP contribution in [0.3, 0.4) is 0 Å². The maximum Gasteiger partial charge on any atom is 0.254 e. The minimum atomic E-state index is -1.01. The summed E-state index contributed by atoms with van der Waals surface area (Å²) in [4.78, 5) is 33.9. The van der Waals surface area contributed by atoms with E-state index in [1.54, 1.807) is 9.80 Å². The molecule has 1 fully saturated rings. The molecule has 5 nitrogen and oxygen atoms in total. The Morgan fingerprint density at radius 1 is 1.13 bits per heavy atom. The summed E-state index contributed by atoms with van der Waals surface area (Å²) < 4.78 is 1.02. The van der Waals surface area contributed by atoms with Gasteiger partial charge in [-0.1, -0.05) is 53.2 Å². The summed E-state index contributed by atoms with van der Waals surface area (Å²) >= 11 is 3.52. The first-order valence-electron chi connectivity index (χ1n) is 10.4. The molecule has 2 amide bonds. The highest BCUT2D eigenvalue weighted by molar-refractivity contribution is 9.10. The molecule has 5 rings (SSSR count). The standard InChI is InChI=1S/C24H24BrN3O2/c1-3-12-27-14-20(29)28-13-18(15-8-10-16(25)11-9-15)21-17-6-4-5-7-19(17)26-22(21)24(28,2)23(27)30/h4-11,18,26H,3,12-14H2,1-2H3/t18?,24-/m0/s1. The SMILES string of the molecule is CCCN1CC(=O)N2CC(c3ccc(Br)cc3)c3c([nH]c4ccccc34)[C@@]2(C)C1=O. The molecule has 1 N–H and O–H groups in total. The molecule has 1 aromatic heterocycles. The second-order valence-electron chi connectivity index (χ2n) is 8.37. The molecule has 0 spiro atoms. The number of aromatic nitrogens is 1. The molecule has 1 unspecified atom stereocenters. The van der Waals surface area contributed by atoms with E-state index in [4.69, 9.17) is 0 Å². The number of nitrogens with one attached hydrogen (secondary N) is 1. The van der Waals surface area contributed by atoms with Crippen molar-refractivity contribution >= 4 is 38.6 Å². The fourth-order valence-corrected chi connectivity index (χ4v) is 5.38. The minimum absolute atomic E-state index is 0.00557. The lowest BCUT2D eigenvalue weighted by molar-refractivity contribution is -0.166. The van der Waals surface area contributed by atoms with Gasteiger partial charge in [-0.3, -0.25) is 9.59 Å². The summed E-state index contributed by atoms with van der Waals surface area (Å²) in [7, 11) is 0. The first kappa shape index (κ1) is 19.4. The van der Waals surface area contributed by atoms with Crippen LogP contribution in [0, 0.1) is 0 Å². The second kappa shape index (κ2) is 6.98. The molecule has 0 aliphatic carbocycles. The molecule has 0 saturated carbocycles. The van der Waals surface area contributed by atoms with Gasteiger partial charge >= 0.3 is 0 Å². The van der Waals surface area contributed by atoms with Crippen LogP contribution < -0.4 is 0 Å². The summed E-state index contributed by atoms with van der Waals surface area (Å²) in [5.74, 6) is 0.0229. The van der Waals surface area contributed by atoms with Crippen molar-refractivity contribution in [2.45, 2.75) is 31.7 Å². The number of carbonyl (C=O) groups excluding carboxylic acids is 2. The van der Waals surface area contributed by atoms with Crippen LogP contribution in [0.25, 0.3) is 10.9 Å². The molecule has 0 radical (unpaired) electrons. The minimum Gasteiger partial charge on any atom is -0.356 e. The largest absolute Gasteiger partial charge is 0.356 e. The van der Waals surface area contributed by atoms with Crippen LogP contribution in [0.15, 0.2) is 53.0 Å². The van der Waals surface area contributed by atoms with Gasteiger partial charge in [-0.2, -0.15) is 0 Å². The Hall–Kier alpha value is -2.60. The number of hydrogen-bond acceptors (Lipinski definition) is 2. The monoisotopic (exact) mass is 465 g/mol. The number of halogens is 1. The highest BCUT2D eigenvalue weighted by Gasteiger charge is 2.55. The molecule has 2 aromatic carbocycles. The zero-order valence-electron chi connectivity index (χ0n) is 17.1. The average Bonchev–Trinajstić information content (AvgIpc) is 3.14. The molecule has 30 heavy (non-hydrogen) atoms. The smallest absolute Gasteiger partial charge is 0.254 e. The van der Waals surface area contributed by atoms with E-state index in [1.165, 1.54) is 0 Å². The van der Waals surface area contributed by atoms with Crippen molar-refractivity contribution in [3.05, 3.63) is 69.8 Å². The molecular formula is C24H24BrN3O2. The summed E-state index contributed by atoms with van der Waals surface area (Å²) in [5.41, 5.74) is 3.11. The predicted molar refractivity (Wildman–Crippen MR) is 120 cm³/mol. The Morgan fingerprint density at radius 2 is 1.87 bits per heavy atom. The number of H-pyrrole nitrogens is 1.